The molecule has 1 aliphatic heterocycles. The lowest BCUT2D eigenvalue weighted by Crippen LogP contribution is -2.41. The van der Waals surface area contributed by atoms with Gasteiger partial charge in [-0.25, -0.2) is 0 Å². The van der Waals surface area contributed by atoms with Gasteiger partial charge in [-0.15, -0.1) is 0 Å². The molecule has 0 saturated carbocycles. The van der Waals surface area contributed by atoms with Crippen molar-refractivity contribution >= 4 is 11.6 Å². The molecule has 3 heteroatoms. The van der Waals surface area contributed by atoms with E-state index in [4.69, 9.17) is 4.74 Å². The van der Waals surface area contributed by atoms with E-state index in [2.05, 4.69) is 12.2 Å². The molecule has 0 spiro atoms. The number of rotatable bonds is 4. The zero-order valence-corrected chi connectivity index (χ0v) is 11.7. The van der Waals surface area contributed by atoms with Gasteiger partial charge in [-0.2, -0.15) is 0 Å². The van der Waals surface area contributed by atoms with Crippen LogP contribution in [-0.4, -0.2) is 25.2 Å². The van der Waals surface area contributed by atoms with Gasteiger partial charge in [-0.1, -0.05) is 30.4 Å². The van der Waals surface area contributed by atoms with Gasteiger partial charge in [0.1, 0.15) is 0 Å². The maximum atomic E-state index is 12.7. The van der Waals surface area contributed by atoms with Crippen LogP contribution in [0.3, 0.4) is 0 Å². The highest BCUT2D eigenvalue weighted by atomic mass is 16.5. The van der Waals surface area contributed by atoms with Gasteiger partial charge in [0, 0.05) is 18.7 Å². The summed E-state index contributed by atoms with van der Waals surface area (Å²) >= 11 is 0. The van der Waals surface area contributed by atoms with Gasteiger partial charge < -0.3 is 9.64 Å². The van der Waals surface area contributed by atoms with Crippen LogP contribution < -0.4 is 4.90 Å². The fourth-order valence-corrected chi connectivity index (χ4v) is 3.06. The Morgan fingerprint density at radius 1 is 1.25 bits per heavy atom. The molecule has 2 aliphatic rings. The van der Waals surface area contributed by atoms with Crippen LogP contribution in [0.15, 0.2) is 42.5 Å². The number of allylic oxidation sites excluding steroid dienone is 2. The molecule has 0 aromatic heterocycles. The molecule has 106 valence electrons. The minimum absolute atomic E-state index is 0.190. The zero-order valence-electron chi connectivity index (χ0n) is 11.7. The first-order valence-electron chi connectivity index (χ1n) is 7.46. The third-order valence-electron chi connectivity index (χ3n) is 4.12. The van der Waals surface area contributed by atoms with Crippen molar-refractivity contribution in [2.24, 2.45) is 5.92 Å². The van der Waals surface area contributed by atoms with Crippen molar-refractivity contribution in [1.29, 1.82) is 0 Å². The molecule has 2 atom stereocenters. The smallest absolute Gasteiger partial charge is 0.227 e. The highest BCUT2D eigenvalue weighted by molar-refractivity contribution is 5.94. The van der Waals surface area contributed by atoms with Crippen LogP contribution in [0.25, 0.3) is 0 Å². The van der Waals surface area contributed by atoms with Crippen LogP contribution in [0.2, 0.25) is 0 Å². The molecule has 0 bridgehead atoms. The SMILES string of the molecule is O=C(C[C@@H]1C=CCC1)N(c1ccccc1)[C@@H]1CCOC1. The summed E-state index contributed by atoms with van der Waals surface area (Å²) in [6, 6.07) is 10.2. The molecule has 1 heterocycles. The molecular weight excluding hydrogens is 250 g/mol. The van der Waals surface area contributed by atoms with Crippen molar-refractivity contribution in [2.75, 3.05) is 18.1 Å². The van der Waals surface area contributed by atoms with Crippen molar-refractivity contribution in [3.63, 3.8) is 0 Å². The number of hydrogen-bond acceptors (Lipinski definition) is 2. The number of para-hydroxylation sites is 1. The maximum Gasteiger partial charge on any atom is 0.227 e. The van der Waals surface area contributed by atoms with E-state index in [1.807, 2.05) is 35.2 Å². The average molecular weight is 271 g/mol. The third-order valence-corrected chi connectivity index (χ3v) is 4.12. The number of ether oxygens (including phenoxy) is 1. The van der Waals surface area contributed by atoms with Crippen LogP contribution in [0.1, 0.15) is 25.7 Å². The van der Waals surface area contributed by atoms with Crippen LogP contribution in [0, 0.1) is 5.92 Å². The Morgan fingerprint density at radius 2 is 2.10 bits per heavy atom. The van der Waals surface area contributed by atoms with E-state index >= 15 is 0 Å². The number of carbonyl (C=O) groups excluding carboxylic acids is 1. The monoisotopic (exact) mass is 271 g/mol. The van der Waals surface area contributed by atoms with Crippen molar-refractivity contribution in [2.45, 2.75) is 31.7 Å². The second kappa shape index (κ2) is 6.23. The number of amides is 1. The largest absolute Gasteiger partial charge is 0.379 e. The predicted octanol–water partition coefficient (Wildman–Crippen LogP) is 3.16. The van der Waals surface area contributed by atoms with Crippen LogP contribution in [0.4, 0.5) is 5.69 Å². The van der Waals surface area contributed by atoms with Crippen LogP contribution in [0.5, 0.6) is 0 Å². The summed E-state index contributed by atoms with van der Waals surface area (Å²) in [5.74, 6) is 0.638. The van der Waals surface area contributed by atoms with E-state index < -0.39 is 0 Å². The van der Waals surface area contributed by atoms with E-state index in [-0.39, 0.29) is 11.9 Å². The van der Waals surface area contributed by atoms with Crippen molar-refractivity contribution < 1.29 is 9.53 Å². The average Bonchev–Trinajstić information content (AvgIpc) is 3.14. The first-order valence-corrected chi connectivity index (χ1v) is 7.46. The molecule has 3 nitrogen and oxygen atoms in total. The number of nitrogens with zero attached hydrogens (tertiary/aromatic N) is 1. The topological polar surface area (TPSA) is 29.5 Å². The van der Waals surface area contributed by atoms with Gasteiger partial charge in [0.25, 0.3) is 0 Å². The highest BCUT2D eigenvalue weighted by Gasteiger charge is 2.29. The lowest BCUT2D eigenvalue weighted by molar-refractivity contribution is -0.119. The van der Waals surface area contributed by atoms with Gasteiger partial charge in [-0.05, 0) is 37.3 Å². The fraction of sp³-hybridized carbons (Fsp3) is 0.471. The first-order chi connectivity index (χ1) is 9.84. The summed E-state index contributed by atoms with van der Waals surface area (Å²) in [5.41, 5.74) is 0.995. The molecule has 1 aliphatic carbocycles. The van der Waals surface area contributed by atoms with Gasteiger partial charge in [0.05, 0.1) is 12.6 Å². The normalized spacial score (nSPS) is 25.0. The number of carbonyl (C=O) groups is 1. The Morgan fingerprint density at radius 3 is 2.75 bits per heavy atom. The first kappa shape index (κ1) is 13.4. The zero-order chi connectivity index (χ0) is 13.8. The minimum Gasteiger partial charge on any atom is -0.379 e. The Balaban J connectivity index is 1.77. The van der Waals surface area contributed by atoms with Gasteiger partial charge in [0.2, 0.25) is 5.91 Å². The number of benzene rings is 1. The Hall–Kier alpha value is -1.61. The molecule has 0 unspecified atom stereocenters. The third kappa shape index (κ3) is 2.93. The van der Waals surface area contributed by atoms with Gasteiger partial charge >= 0.3 is 0 Å². The van der Waals surface area contributed by atoms with Crippen LogP contribution in [-0.2, 0) is 9.53 Å². The highest BCUT2D eigenvalue weighted by Crippen LogP contribution is 2.26. The summed E-state index contributed by atoms with van der Waals surface area (Å²) in [6.07, 6.45) is 8.13. The second-order valence-corrected chi connectivity index (χ2v) is 5.59. The Labute approximate surface area is 120 Å². The lowest BCUT2D eigenvalue weighted by Gasteiger charge is -2.29. The van der Waals surface area contributed by atoms with Crippen molar-refractivity contribution in [3.8, 4) is 0 Å². The molecule has 1 aromatic carbocycles. The van der Waals surface area contributed by atoms with Crippen LogP contribution >= 0.6 is 0 Å². The molecule has 0 radical (unpaired) electrons. The minimum atomic E-state index is 0.190. The fourth-order valence-electron chi connectivity index (χ4n) is 3.06. The molecule has 1 saturated heterocycles. The predicted molar refractivity (Wildman–Crippen MR) is 79.6 cm³/mol. The van der Waals surface area contributed by atoms with E-state index in [0.29, 0.717) is 18.9 Å². The summed E-state index contributed by atoms with van der Waals surface area (Å²) in [4.78, 5) is 14.7. The Bertz CT molecular complexity index is 477. The molecular formula is C17H21NO2. The van der Waals surface area contributed by atoms with E-state index in [9.17, 15) is 4.79 Å². The van der Waals surface area contributed by atoms with E-state index in [1.165, 1.54) is 0 Å². The molecule has 20 heavy (non-hydrogen) atoms. The second-order valence-electron chi connectivity index (χ2n) is 5.59. The summed E-state index contributed by atoms with van der Waals surface area (Å²) in [6.45, 7) is 1.41. The molecule has 1 fully saturated rings. The standard InChI is InChI=1S/C17H21NO2/c19-17(12-14-6-4-5-7-14)18(16-10-11-20-13-16)15-8-2-1-3-9-15/h1-4,6,8-9,14,16H,5,7,10-13H2/t14-,16-/m1/s1. The quantitative estimate of drug-likeness (QED) is 0.787. The Kier molecular flexibility index (Phi) is 4.16. The van der Waals surface area contributed by atoms with Crippen molar-refractivity contribution in [1.82, 2.24) is 0 Å². The van der Waals surface area contributed by atoms with E-state index in [0.717, 1.165) is 31.6 Å². The molecule has 1 aromatic rings. The summed E-state index contributed by atoms with van der Waals surface area (Å²) in [5, 5.41) is 0. The van der Waals surface area contributed by atoms with Gasteiger partial charge in [0.15, 0.2) is 0 Å². The molecule has 0 N–H and O–H groups in total. The summed E-state index contributed by atoms with van der Waals surface area (Å²) in [7, 11) is 0. The van der Waals surface area contributed by atoms with E-state index in [1.54, 1.807) is 0 Å². The summed E-state index contributed by atoms with van der Waals surface area (Å²) < 4.78 is 5.47. The number of anilines is 1. The molecule has 3 rings (SSSR count). The lowest BCUT2D eigenvalue weighted by atomic mass is 10.0. The maximum absolute atomic E-state index is 12.7. The van der Waals surface area contributed by atoms with Crippen molar-refractivity contribution in [3.05, 3.63) is 42.5 Å². The number of hydrogen-bond donors (Lipinski definition) is 0. The molecule has 1 amide bonds. The van der Waals surface area contributed by atoms with Gasteiger partial charge in [-0.3, -0.25) is 4.79 Å².